The zero-order valence-corrected chi connectivity index (χ0v) is 12.9. The molecule has 0 radical (unpaired) electrons. The van der Waals surface area contributed by atoms with Gasteiger partial charge in [0.1, 0.15) is 4.21 Å². The van der Waals surface area contributed by atoms with Crippen LogP contribution in [-0.2, 0) is 10.0 Å². The highest BCUT2D eigenvalue weighted by atomic mass is 32.2. The Hall–Kier alpha value is -2.13. The summed E-state index contributed by atoms with van der Waals surface area (Å²) in [7, 11) is -3.90. The number of nitrogens with zero attached hydrogens (tertiary/aromatic N) is 1. The Labute approximate surface area is 125 Å². The summed E-state index contributed by atoms with van der Waals surface area (Å²) < 4.78 is 26.8. The average molecular weight is 327 g/mol. The largest absolute Gasteiger partial charge is 0.385 e. The molecule has 2 aromatic rings. The lowest BCUT2D eigenvalue weighted by molar-refractivity contribution is -0.383. The van der Waals surface area contributed by atoms with E-state index >= 15 is 0 Å². The van der Waals surface area contributed by atoms with Gasteiger partial charge in [-0.15, -0.1) is 0 Å². The van der Waals surface area contributed by atoms with Gasteiger partial charge in [0.2, 0.25) is 0 Å². The first-order valence-corrected chi connectivity index (χ1v) is 8.14. The quantitative estimate of drug-likeness (QED) is 0.661. The van der Waals surface area contributed by atoms with Crippen LogP contribution in [0.5, 0.6) is 0 Å². The Morgan fingerprint density at radius 2 is 1.95 bits per heavy atom. The molecule has 0 saturated carbocycles. The van der Waals surface area contributed by atoms with Gasteiger partial charge in [0.15, 0.2) is 5.00 Å². The third-order valence-electron chi connectivity index (χ3n) is 2.82. The van der Waals surface area contributed by atoms with E-state index in [2.05, 4.69) is 4.72 Å². The van der Waals surface area contributed by atoms with E-state index in [1.165, 1.54) is 0 Å². The standard InChI is InChI=1S/C12H13N3O4S2/c1-7-3-4-8(2)9(5-7)14-21(18,19)11-6-10(15(16)17)12(13)20-11/h3-6,14H,13H2,1-2H3. The molecule has 2 rings (SSSR count). The number of thiophene rings is 1. The van der Waals surface area contributed by atoms with Gasteiger partial charge in [0, 0.05) is 6.07 Å². The summed E-state index contributed by atoms with van der Waals surface area (Å²) in [6.45, 7) is 3.60. The van der Waals surface area contributed by atoms with Crippen molar-refractivity contribution < 1.29 is 13.3 Å². The first-order chi connectivity index (χ1) is 9.70. The molecule has 3 N–H and O–H groups in total. The number of hydrogen-bond donors (Lipinski definition) is 2. The van der Waals surface area contributed by atoms with E-state index in [0.717, 1.165) is 17.2 Å². The van der Waals surface area contributed by atoms with E-state index in [-0.39, 0.29) is 9.21 Å². The molecule has 0 saturated heterocycles. The Bertz CT molecular complexity index is 812. The SMILES string of the molecule is Cc1ccc(C)c(NS(=O)(=O)c2cc([N+](=O)[O-])c(N)s2)c1. The number of sulfonamides is 1. The number of nitrogens with two attached hydrogens (primary N) is 1. The number of aryl methyl sites for hydroxylation is 2. The monoisotopic (exact) mass is 327 g/mol. The van der Waals surface area contributed by atoms with Gasteiger partial charge in [-0.05, 0) is 31.0 Å². The lowest BCUT2D eigenvalue weighted by Gasteiger charge is -2.09. The first kappa shape index (κ1) is 15.3. The van der Waals surface area contributed by atoms with E-state index in [4.69, 9.17) is 5.73 Å². The molecule has 0 aliphatic carbocycles. The van der Waals surface area contributed by atoms with E-state index in [0.29, 0.717) is 17.0 Å². The second kappa shape index (κ2) is 5.34. The number of nitrogen functional groups attached to an aromatic ring is 1. The molecule has 0 atom stereocenters. The summed E-state index contributed by atoms with van der Waals surface area (Å²) in [6.07, 6.45) is 0. The molecule has 0 bridgehead atoms. The molecule has 1 heterocycles. The molecular formula is C12H13N3O4S2. The summed E-state index contributed by atoms with van der Waals surface area (Å²) in [6, 6.07) is 6.31. The van der Waals surface area contributed by atoms with Crippen molar-refractivity contribution in [1.82, 2.24) is 0 Å². The Balaban J connectivity index is 2.41. The smallest absolute Gasteiger partial charge is 0.304 e. The fourth-order valence-electron chi connectivity index (χ4n) is 1.69. The van der Waals surface area contributed by atoms with Crippen molar-refractivity contribution >= 4 is 37.7 Å². The fourth-order valence-corrected chi connectivity index (χ4v) is 4.02. The zero-order valence-electron chi connectivity index (χ0n) is 11.3. The lowest BCUT2D eigenvalue weighted by Crippen LogP contribution is -2.12. The maximum absolute atomic E-state index is 12.3. The van der Waals surface area contributed by atoms with Gasteiger partial charge < -0.3 is 5.73 Å². The van der Waals surface area contributed by atoms with Crippen molar-refractivity contribution in [1.29, 1.82) is 0 Å². The number of anilines is 2. The Kier molecular flexibility index (Phi) is 3.88. The topological polar surface area (TPSA) is 115 Å². The molecule has 0 aliphatic heterocycles. The zero-order chi connectivity index (χ0) is 15.8. The highest BCUT2D eigenvalue weighted by molar-refractivity contribution is 7.94. The van der Waals surface area contributed by atoms with Crippen molar-refractivity contribution in [2.45, 2.75) is 18.1 Å². The molecule has 21 heavy (non-hydrogen) atoms. The molecule has 0 fully saturated rings. The van der Waals surface area contributed by atoms with Crippen molar-refractivity contribution in [2.24, 2.45) is 0 Å². The second-order valence-electron chi connectivity index (χ2n) is 4.50. The van der Waals surface area contributed by atoms with Crippen LogP contribution in [0, 0.1) is 24.0 Å². The van der Waals surface area contributed by atoms with Crippen LogP contribution in [0.2, 0.25) is 0 Å². The van der Waals surface area contributed by atoms with Crippen LogP contribution in [0.3, 0.4) is 0 Å². The maximum atomic E-state index is 12.3. The maximum Gasteiger partial charge on any atom is 0.304 e. The van der Waals surface area contributed by atoms with Crippen LogP contribution in [-0.4, -0.2) is 13.3 Å². The van der Waals surface area contributed by atoms with Crippen molar-refractivity contribution in [2.75, 3.05) is 10.5 Å². The average Bonchev–Trinajstić information content (AvgIpc) is 2.77. The Morgan fingerprint density at radius 3 is 2.52 bits per heavy atom. The van der Waals surface area contributed by atoms with Gasteiger partial charge in [0.25, 0.3) is 10.0 Å². The molecule has 0 unspecified atom stereocenters. The van der Waals surface area contributed by atoms with Crippen LogP contribution in [0.15, 0.2) is 28.5 Å². The van der Waals surface area contributed by atoms with Gasteiger partial charge in [0.05, 0.1) is 10.6 Å². The van der Waals surface area contributed by atoms with Gasteiger partial charge in [-0.1, -0.05) is 23.5 Å². The fraction of sp³-hybridized carbons (Fsp3) is 0.167. The van der Waals surface area contributed by atoms with Gasteiger partial charge in [-0.3, -0.25) is 14.8 Å². The number of rotatable bonds is 4. The minimum absolute atomic E-state index is 0.138. The lowest BCUT2D eigenvalue weighted by atomic mass is 10.1. The summed E-state index contributed by atoms with van der Waals surface area (Å²) in [4.78, 5) is 10.0. The van der Waals surface area contributed by atoms with E-state index in [9.17, 15) is 18.5 Å². The highest BCUT2D eigenvalue weighted by Gasteiger charge is 2.25. The number of benzene rings is 1. The van der Waals surface area contributed by atoms with Crippen LogP contribution in [0.4, 0.5) is 16.4 Å². The number of nitrogens with one attached hydrogen (secondary N) is 1. The molecule has 112 valence electrons. The predicted molar refractivity (Wildman–Crippen MR) is 82.1 cm³/mol. The number of hydrogen-bond acceptors (Lipinski definition) is 6. The molecule has 1 aromatic heterocycles. The third-order valence-corrected chi connectivity index (χ3v) is 5.61. The molecule has 7 nitrogen and oxygen atoms in total. The van der Waals surface area contributed by atoms with Crippen LogP contribution < -0.4 is 10.5 Å². The summed E-state index contributed by atoms with van der Waals surface area (Å²) in [5.41, 5.74) is 7.16. The first-order valence-electron chi connectivity index (χ1n) is 5.84. The van der Waals surface area contributed by atoms with Crippen molar-refractivity contribution in [3.8, 4) is 0 Å². The molecular weight excluding hydrogens is 314 g/mol. The summed E-state index contributed by atoms with van der Waals surface area (Å²) in [5, 5.41) is 10.6. The second-order valence-corrected chi connectivity index (χ2v) is 7.49. The van der Waals surface area contributed by atoms with Crippen LogP contribution in [0.1, 0.15) is 11.1 Å². The van der Waals surface area contributed by atoms with Gasteiger partial charge in [-0.2, -0.15) is 0 Å². The highest BCUT2D eigenvalue weighted by Crippen LogP contribution is 2.35. The minimum Gasteiger partial charge on any atom is -0.385 e. The predicted octanol–water partition coefficient (Wildman–Crippen LogP) is 2.66. The summed E-state index contributed by atoms with van der Waals surface area (Å²) >= 11 is 0.665. The molecule has 0 spiro atoms. The molecule has 1 aromatic carbocycles. The number of nitro groups is 1. The van der Waals surface area contributed by atoms with Gasteiger partial charge in [-0.25, -0.2) is 8.42 Å². The van der Waals surface area contributed by atoms with Crippen molar-refractivity contribution in [3.63, 3.8) is 0 Å². The normalized spacial score (nSPS) is 11.3. The van der Waals surface area contributed by atoms with Crippen molar-refractivity contribution in [3.05, 3.63) is 45.5 Å². The molecule has 0 aliphatic rings. The van der Waals surface area contributed by atoms with E-state index in [1.54, 1.807) is 19.1 Å². The minimum atomic E-state index is -3.90. The third kappa shape index (κ3) is 3.14. The van der Waals surface area contributed by atoms with Crippen LogP contribution in [0.25, 0.3) is 0 Å². The van der Waals surface area contributed by atoms with Gasteiger partial charge >= 0.3 is 5.69 Å². The van der Waals surface area contributed by atoms with E-state index < -0.39 is 20.6 Å². The van der Waals surface area contributed by atoms with Crippen LogP contribution >= 0.6 is 11.3 Å². The van der Waals surface area contributed by atoms with E-state index in [1.807, 2.05) is 13.0 Å². The Morgan fingerprint density at radius 1 is 1.29 bits per heavy atom. The molecule has 9 heteroatoms. The molecule has 0 amide bonds. The summed E-state index contributed by atoms with van der Waals surface area (Å²) in [5.74, 6) is 0.